The Morgan fingerprint density at radius 3 is 2.53 bits per heavy atom. The van der Waals surface area contributed by atoms with Gasteiger partial charge in [-0.2, -0.15) is 0 Å². The second kappa shape index (κ2) is 5.61. The molecule has 4 heteroatoms. The number of carbonyl (C=O) groups excluding carboxylic acids is 1. The lowest BCUT2D eigenvalue weighted by Gasteiger charge is -2.07. The van der Waals surface area contributed by atoms with Gasteiger partial charge in [-0.1, -0.05) is 24.3 Å². The summed E-state index contributed by atoms with van der Waals surface area (Å²) in [5, 5.41) is 2.54. The highest BCUT2D eigenvalue weighted by Crippen LogP contribution is 2.14. The van der Waals surface area contributed by atoms with Gasteiger partial charge in [0.2, 0.25) is 5.91 Å². The van der Waals surface area contributed by atoms with Crippen molar-refractivity contribution in [1.82, 2.24) is 0 Å². The van der Waals surface area contributed by atoms with Crippen molar-refractivity contribution in [2.24, 2.45) is 0 Å². The van der Waals surface area contributed by atoms with E-state index in [0.29, 0.717) is 0 Å². The van der Waals surface area contributed by atoms with Gasteiger partial charge in [0.1, 0.15) is 0 Å². The number of hydrogen-bond acceptors (Lipinski definition) is 1. The van der Waals surface area contributed by atoms with E-state index < -0.39 is 11.6 Å². The molecule has 19 heavy (non-hydrogen) atoms. The Hall–Kier alpha value is -2.23. The summed E-state index contributed by atoms with van der Waals surface area (Å²) in [6.07, 6.45) is 0.200. The molecule has 0 aliphatic heterocycles. The fourth-order valence-corrected chi connectivity index (χ4v) is 1.76. The standard InChI is InChI=1S/C15H13F2NO/c1-10-4-2-3-5-11(10)8-15(19)18-12-6-7-13(16)14(17)9-12/h2-7,9H,8H2,1H3,(H,18,19). The normalized spacial score (nSPS) is 10.3. The smallest absolute Gasteiger partial charge is 0.228 e. The van der Waals surface area contributed by atoms with Crippen LogP contribution in [-0.4, -0.2) is 5.91 Å². The van der Waals surface area contributed by atoms with Crippen LogP contribution in [0.25, 0.3) is 0 Å². The van der Waals surface area contributed by atoms with Gasteiger partial charge in [0.05, 0.1) is 6.42 Å². The summed E-state index contributed by atoms with van der Waals surface area (Å²) in [5.74, 6) is -2.18. The van der Waals surface area contributed by atoms with Crippen LogP contribution in [-0.2, 0) is 11.2 Å². The minimum Gasteiger partial charge on any atom is -0.326 e. The molecule has 0 spiro atoms. The third-order valence-electron chi connectivity index (χ3n) is 2.82. The minimum absolute atomic E-state index is 0.200. The number of anilines is 1. The van der Waals surface area contributed by atoms with E-state index in [1.54, 1.807) is 0 Å². The zero-order chi connectivity index (χ0) is 13.8. The van der Waals surface area contributed by atoms with E-state index in [1.807, 2.05) is 31.2 Å². The molecular weight excluding hydrogens is 248 g/mol. The molecule has 0 heterocycles. The first kappa shape index (κ1) is 13.2. The molecule has 2 rings (SSSR count). The number of benzene rings is 2. The number of carbonyl (C=O) groups is 1. The molecule has 0 fully saturated rings. The van der Waals surface area contributed by atoms with Crippen molar-refractivity contribution in [2.75, 3.05) is 5.32 Å². The van der Waals surface area contributed by atoms with E-state index in [2.05, 4.69) is 5.32 Å². The van der Waals surface area contributed by atoms with Crippen LogP contribution in [0, 0.1) is 18.6 Å². The van der Waals surface area contributed by atoms with Gasteiger partial charge in [-0.25, -0.2) is 8.78 Å². The number of aryl methyl sites for hydroxylation is 1. The van der Waals surface area contributed by atoms with Crippen LogP contribution >= 0.6 is 0 Å². The Bertz CT molecular complexity index is 611. The van der Waals surface area contributed by atoms with E-state index in [-0.39, 0.29) is 18.0 Å². The Labute approximate surface area is 110 Å². The molecule has 0 radical (unpaired) electrons. The molecule has 1 N–H and O–H groups in total. The third kappa shape index (κ3) is 3.37. The summed E-state index contributed by atoms with van der Waals surface area (Å²) < 4.78 is 25.7. The average Bonchev–Trinajstić information content (AvgIpc) is 2.37. The summed E-state index contributed by atoms with van der Waals surface area (Å²) in [4.78, 5) is 11.8. The summed E-state index contributed by atoms with van der Waals surface area (Å²) in [6.45, 7) is 1.92. The predicted octanol–water partition coefficient (Wildman–Crippen LogP) is 3.45. The molecule has 0 atom stereocenters. The van der Waals surface area contributed by atoms with Crippen molar-refractivity contribution in [2.45, 2.75) is 13.3 Å². The van der Waals surface area contributed by atoms with Crippen LogP contribution in [0.15, 0.2) is 42.5 Å². The first-order valence-corrected chi connectivity index (χ1v) is 5.85. The molecule has 0 unspecified atom stereocenters. The van der Waals surface area contributed by atoms with Gasteiger partial charge >= 0.3 is 0 Å². The van der Waals surface area contributed by atoms with E-state index in [1.165, 1.54) is 6.07 Å². The Kier molecular flexibility index (Phi) is 3.90. The molecule has 0 saturated heterocycles. The average molecular weight is 261 g/mol. The maximum absolute atomic E-state index is 13.0. The zero-order valence-corrected chi connectivity index (χ0v) is 10.4. The SMILES string of the molecule is Cc1ccccc1CC(=O)Nc1ccc(F)c(F)c1. The Balaban J connectivity index is 2.05. The fraction of sp³-hybridized carbons (Fsp3) is 0.133. The zero-order valence-electron chi connectivity index (χ0n) is 10.4. The van der Waals surface area contributed by atoms with Crippen LogP contribution in [0.3, 0.4) is 0 Å². The lowest BCUT2D eigenvalue weighted by molar-refractivity contribution is -0.115. The molecule has 2 nitrogen and oxygen atoms in total. The van der Waals surface area contributed by atoms with Crippen molar-refractivity contribution in [1.29, 1.82) is 0 Å². The highest BCUT2D eigenvalue weighted by Gasteiger charge is 2.08. The van der Waals surface area contributed by atoms with Crippen LogP contribution in [0.1, 0.15) is 11.1 Å². The molecule has 0 aliphatic rings. The molecule has 0 bridgehead atoms. The number of rotatable bonds is 3. The van der Waals surface area contributed by atoms with Crippen molar-refractivity contribution in [3.8, 4) is 0 Å². The maximum Gasteiger partial charge on any atom is 0.228 e. The molecule has 0 aliphatic carbocycles. The fourth-order valence-electron chi connectivity index (χ4n) is 1.76. The van der Waals surface area contributed by atoms with Crippen LogP contribution in [0.2, 0.25) is 0 Å². The molecule has 0 saturated carbocycles. The summed E-state index contributed by atoms with van der Waals surface area (Å²) in [7, 11) is 0. The van der Waals surface area contributed by atoms with E-state index >= 15 is 0 Å². The number of hydrogen-bond donors (Lipinski definition) is 1. The van der Waals surface area contributed by atoms with Crippen LogP contribution in [0.4, 0.5) is 14.5 Å². The molecule has 98 valence electrons. The first-order valence-electron chi connectivity index (χ1n) is 5.85. The second-order valence-corrected chi connectivity index (χ2v) is 4.28. The summed E-state index contributed by atoms with van der Waals surface area (Å²) in [5.41, 5.74) is 2.17. The summed E-state index contributed by atoms with van der Waals surface area (Å²) >= 11 is 0. The van der Waals surface area contributed by atoms with Gasteiger partial charge in [0.15, 0.2) is 11.6 Å². The van der Waals surface area contributed by atoms with Crippen LogP contribution < -0.4 is 5.32 Å². The van der Waals surface area contributed by atoms with Crippen LogP contribution in [0.5, 0.6) is 0 Å². The first-order chi connectivity index (χ1) is 9.06. The quantitative estimate of drug-likeness (QED) is 0.900. The van der Waals surface area contributed by atoms with Gasteiger partial charge in [0.25, 0.3) is 0 Å². The van der Waals surface area contributed by atoms with Crippen molar-refractivity contribution < 1.29 is 13.6 Å². The van der Waals surface area contributed by atoms with Gasteiger partial charge in [0, 0.05) is 11.8 Å². The third-order valence-corrected chi connectivity index (χ3v) is 2.82. The van der Waals surface area contributed by atoms with E-state index in [4.69, 9.17) is 0 Å². The highest BCUT2D eigenvalue weighted by molar-refractivity contribution is 5.92. The Morgan fingerprint density at radius 1 is 1.11 bits per heavy atom. The maximum atomic E-state index is 13.0. The monoisotopic (exact) mass is 261 g/mol. The molecule has 2 aromatic carbocycles. The van der Waals surface area contributed by atoms with E-state index in [0.717, 1.165) is 23.3 Å². The van der Waals surface area contributed by atoms with Gasteiger partial charge < -0.3 is 5.32 Å². The number of halogens is 2. The number of amides is 1. The summed E-state index contributed by atoms with van der Waals surface area (Å²) in [6, 6.07) is 10.8. The van der Waals surface area contributed by atoms with Gasteiger partial charge in [-0.05, 0) is 30.2 Å². The highest BCUT2D eigenvalue weighted by atomic mass is 19.2. The lowest BCUT2D eigenvalue weighted by atomic mass is 10.1. The lowest BCUT2D eigenvalue weighted by Crippen LogP contribution is -2.15. The minimum atomic E-state index is -0.978. The van der Waals surface area contributed by atoms with Gasteiger partial charge in [-0.3, -0.25) is 4.79 Å². The Morgan fingerprint density at radius 2 is 1.84 bits per heavy atom. The molecular formula is C15H13F2NO. The van der Waals surface area contributed by atoms with Crippen molar-refractivity contribution in [3.63, 3.8) is 0 Å². The molecule has 0 aromatic heterocycles. The number of nitrogens with one attached hydrogen (secondary N) is 1. The predicted molar refractivity (Wildman–Crippen MR) is 69.9 cm³/mol. The second-order valence-electron chi connectivity index (χ2n) is 4.28. The molecule has 2 aromatic rings. The van der Waals surface area contributed by atoms with Gasteiger partial charge in [-0.15, -0.1) is 0 Å². The largest absolute Gasteiger partial charge is 0.326 e. The molecule has 1 amide bonds. The van der Waals surface area contributed by atoms with Crippen molar-refractivity contribution in [3.05, 3.63) is 65.2 Å². The topological polar surface area (TPSA) is 29.1 Å². The van der Waals surface area contributed by atoms with E-state index in [9.17, 15) is 13.6 Å². The van der Waals surface area contributed by atoms with Crippen molar-refractivity contribution >= 4 is 11.6 Å².